The van der Waals surface area contributed by atoms with Crippen molar-refractivity contribution in [1.82, 2.24) is 10.2 Å². The van der Waals surface area contributed by atoms with Crippen molar-refractivity contribution in [2.45, 2.75) is 25.5 Å². The fraction of sp³-hybridized carbons (Fsp3) is 0.353. The summed E-state index contributed by atoms with van der Waals surface area (Å²) in [6.45, 7) is 1.52. The maximum atomic E-state index is 12.2. The summed E-state index contributed by atoms with van der Waals surface area (Å²) in [4.78, 5) is 36.7. The number of β-lactam (4-membered cyclic amide) rings is 1. The van der Waals surface area contributed by atoms with Gasteiger partial charge in [0.1, 0.15) is 0 Å². The minimum atomic E-state index is -1.43. The Balaban J connectivity index is 0.00000225. The normalized spacial score (nSPS) is 22.7. The number of hydrogen-bond acceptors (Lipinski definition) is 5. The van der Waals surface area contributed by atoms with E-state index in [1.54, 1.807) is 24.3 Å². The van der Waals surface area contributed by atoms with E-state index < -0.39 is 23.9 Å². The average Bonchev–Trinajstić information content (AvgIpc) is 2.89. The van der Waals surface area contributed by atoms with Crippen LogP contribution in [-0.2, 0) is 9.59 Å². The summed E-state index contributed by atoms with van der Waals surface area (Å²) < 4.78 is 0. The average molecular weight is 352 g/mol. The Morgan fingerprint density at radius 3 is 2.64 bits per heavy atom. The van der Waals surface area contributed by atoms with Crippen molar-refractivity contribution in [2.24, 2.45) is 5.92 Å². The first-order valence-electron chi connectivity index (χ1n) is 7.65. The van der Waals surface area contributed by atoms with Crippen LogP contribution in [0.15, 0.2) is 30.0 Å². The molecule has 2 heterocycles. The van der Waals surface area contributed by atoms with Crippen LogP contribution < -0.4 is 40.0 Å². The summed E-state index contributed by atoms with van der Waals surface area (Å²) in [7, 11) is 1.51. The first-order valence-corrected chi connectivity index (χ1v) is 7.65. The minimum Gasteiger partial charge on any atom is -0.543 e. The van der Waals surface area contributed by atoms with Gasteiger partial charge in [-0.25, -0.2) is 0 Å². The fourth-order valence-electron chi connectivity index (χ4n) is 3.51. The van der Waals surface area contributed by atoms with Crippen LogP contribution in [0.2, 0.25) is 0 Å². The van der Waals surface area contributed by atoms with Gasteiger partial charge in [0.25, 0.3) is 5.91 Å². The third-order valence-electron chi connectivity index (χ3n) is 4.62. The first-order chi connectivity index (χ1) is 11.4. The molecular weight excluding hydrogens is 335 g/mol. The number of rotatable bonds is 4. The number of carboxylic acid groups (broad SMARTS) is 1. The molecule has 2 aliphatic heterocycles. The summed E-state index contributed by atoms with van der Waals surface area (Å²) in [5, 5.41) is 23.8. The second-order valence-electron chi connectivity index (χ2n) is 6.02. The number of aliphatic hydroxyl groups excluding tert-OH is 1. The van der Waals surface area contributed by atoms with Gasteiger partial charge in [0, 0.05) is 12.6 Å². The van der Waals surface area contributed by atoms with Crippen LogP contribution >= 0.6 is 0 Å². The fourth-order valence-corrected chi connectivity index (χ4v) is 3.51. The van der Waals surface area contributed by atoms with Crippen LogP contribution in [0.4, 0.5) is 0 Å². The predicted molar refractivity (Wildman–Crippen MR) is 82.2 cm³/mol. The number of carbonyl (C=O) groups is 3. The molecular formula is C17H17N2NaO5. The van der Waals surface area contributed by atoms with Crippen molar-refractivity contribution in [3.8, 4) is 0 Å². The number of carbonyl (C=O) groups excluding carboxylic acids is 3. The second-order valence-corrected chi connectivity index (χ2v) is 6.02. The van der Waals surface area contributed by atoms with E-state index in [4.69, 9.17) is 0 Å². The van der Waals surface area contributed by atoms with E-state index >= 15 is 0 Å². The molecule has 8 heteroatoms. The molecule has 0 spiro atoms. The summed E-state index contributed by atoms with van der Waals surface area (Å²) in [6.07, 6.45) is -0.541. The molecule has 25 heavy (non-hydrogen) atoms. The van der Waals surface area contributed by atoms with E-state index in [1.165, 1.54) is 18.9 Å². The van der Waals surface area contributed by atoms with Crippen LogP contribution in [0.5, 0.6) is 0 Å². The van der Waals surface area contributed by atoms with Gasteiger partial charge in [-0.05, 0) is 36.6 Å². The van der Waals surface area contributed by atoms with Crippen LogP contribution in [0.25, 0.3) is 5.57 Å². The van der Waals surface area contributed by atoms with Gasteiger partial charge in [0.2, 0.25) is 5.91 Å². The Morgan fingerprint density at radius 1 is 1.40 bits per heavy atom. The molecule has 3 rings (SSSR count). The molecule has 0 radical (unpaired) electrons. The second kappa shape index (κ2) is 7.29. The Kier molecular flexibility index (Phi) is 5.73. The van der Waals surface area contributed by atoms with Crippen molar-refractivity contribution >= 4 is 23.4 Å². The molecule has 7 nitrogen and oxygen atoms in total. The Morgan fingerprint density at radius 2 is 2.08 bits per heavy atom. The summed E-state index contributed by atoms with van der Waals surface area (Å²) in [5.74, 6) is -2.74. The smallest absolute Gasteiger partial charge is 0.543 e. The van der Waals surface area contributed by atoms with E-state index in [0.717, 1.165) is 0 Å². The summed E-state index contributed by atoms with van der Waals surface area (Å²) in [6, 6.07) is 6.17. The van der Waals surface area contributed by atoms with Crippen LogP contribution in [0.3, 0.4) is 0 Å². The molecule has 2 amide bonds. The number of hydrogen-bond donors (Lipinski definition) is 2. The first kappa shape index (κ1) is 19.7. The monoisotopic (exact) mass is 352 g/mol. The Hall–Kier alpha value is -1.67. The number of benzene rings is 1. The maximum absolute atomic E-state index is 12.2. The molecule has 2 aliphatic rings. The molecule has 0 aromatic heterocycles. The zero-order valence-corrected chi connectivity index (χ0v) is 16.3. The molecule has 3 atom stereocenters. The van der Waals surface area contributed by atoms with E-state index in [1.807, 2.05) is 0 Å². The molecule has 1 fully saturated rings. The zero-order chi connectivity index (χ0) is 17.6. The van der Waals surface area contributed by atoms with Crippen LogP contribution in [0.1, 0.15) is 29.3 Å². The van der Waals surface area contributed by atoms with Crippen LogP contribution in [0, 0.1) is 5.92 Å². The van der Waals surface area contributed by atoms with Gasteiger partial charge in [-0.15, -0.1) is 0 Å². The predicted octanol–water partition coefficient (Wildman–Crippen LogP) is -3.88. The number of nitrogens with zero attached hydrogens (tertiary/aromatic N) is 1. The van der Waals surface area contributed by atoms with Gasteiger partial charge in [-0.2, -0.15) is 0 Å². The van der Waals surface area contributed by atoms with Crippen molar-refractivity contribution in [1.29, 1.82) is 0 Å². The van der Waals surface area contributed by atoms with E-state index in [0.29, 0.717) is 23.1 Å². The molecule has 0 aliphatic carbocycles. The molecule has 1 aromatic rings. The molecule has 126 valence electrons. The topological polar surface area (TPSA) is 110 Å². The number of nitrogens with one attached hydrogen (secondary N) is 1. The molecule has 2 N–H and O–H groups in total. The van der Waals surface area contributed by atoms with E-state index in [2.05, 4.69) is 5.32 Å². The van der Waals surface area contributed by atoms with E-state index in [9.17, 15) is 24.6 Å². The van der Waals surface area contributed by atoms with Gasteiger partial charge in [-0.1, -0.05) is 12.1 Å². The van der Waals surface area contributed by atoms with Crippen LogP contribution in [-0.4, -0.2) is 47.0 Å². The largest absolute Gasteiger partial charge is 1.00 e. The molecule has 1 saturated heterocycles. The SMILES string of the molecule is CNC(=O)c1cccc(C2=C(C(=O)[O-])N3C(=O)[C@H]([C@@H](C)O)[C@H]3C2)c1.[Na+]. The van der Waals surface area contributed by atoms with Crippen molar-refractivity contribution < 1.29 is 54.2 Å². The number of aliphatic hydroxyl groups is 1. The number of amides is 2. The summed E-state index contributed by atoms with van der Waals surface area (Å²) >= 11 is 0. The standard InChI is InChI=1S/C17H18N2O5.Na/c1-8(20)13-12-7-11(14(17(23)24)19(12)16(13)22)9-4-3-5-10(6-9)15(21)18-2;/h3-6,8,12-13,20H,7H2,1-2H3,(H,18,21)(H,23,24);/q;+1/p-1/t8-,12-,13-;/m1./s1. The zero-order valence-electron chi connectivity index (χ0n) is 14.3. The Labute approximate surface area is 167 Å². The molecule has 0 bridgehead atoms. The van der Waals surface area contributed by atoms with Gasteiger partial charge in [0.15, 0.2) is 0 Å². The van der Waals surface area contributed by atoms with Crippen molar-refractivity contribution in [3.05, 3.63) is 41.1 Å². The van der Waals surface area contributed by atoms with Gasteiger partial charge in [-0.3, -0.25) is 9.59 Å². The summed E-state index contributed by atoms with van der Waals surface area (Å²) in [5.41, 5.74) is 1.23. The van der Waals surface area contributed by atoms with Gasteiger partial charge >= 0.3 is 29.6 Å². The number of fused-ring (bicyclic) bond motifs is 1. The maximum Gasteiger partial charge on any atom is 1.00 e. The van der Waals surface area contributed by atoms with Crippen molar-refractivity contribution in [2.75, 3.05) is 7.05 Å². The third kappa shape index (κ3) is 3.13. The Bertz CT molecular complexity index is 774. The third-order valence-corrected chi connectivity index (χ3v) is 4.62. The number of carboxylic acids is 1. The molecule has 0 unspecified atom stereocenters. The number of aliphatic carboxylic acids is 1. The van der Waals surface area contributed by atoms with Gasteiger partial charge in [0.05, 0.1) is 29.7 Å². The molecule has 0 saturated carbocycles. The van der Waals surface area contributed by atoms with E-state index in [-0.39, 0.29) is 47.2 Å². The van der Waals surface area contributed by atoms with Gasteiger partial charge < -0.3 is 25.2 Å². The molecule has 1 aromatic carbocycles. The minimum absolute atomic E-state index is 0. The quantitative estimate of drug-likeness (QED) is 0.426. The van der Waals surface area contributed by atoms with Crippen molar-refractivity contribution in [3.63, 3.8) is 0 Å².